The molecule has 1 heteroatoms. The number of benzene rings is 8. The molecule has 0 bridgehead atoms. The van der Waals surface area contributed by atoms with Gasteiger partial charge in [-0.1, -0.05) is 171 Å². The predicted molar refractivity (Wildman–Crippen MR) is 213 cm³/mol. The monoisotopic (exact) mass is 661 g/mol. The molecule has 0 N–H and O–H groups in total. The molecular formula is C50H37N. The summed E-state index contributed by atoms with van der Waals surface area (Å²) in [6.07, 6.45) is 0. The molecule has 242 valence electrons. The van der Waals surface area contributed by atoms with Gasteiger partial charge in [0.15, 0.2) is 0 Å². The average Bonchev–Trinajstić information content (AvgIpc) is 3.68. The van der Waals surface area contributed by atoms with Crippen LogP contribution in [-0.4, -0.2) is 0 Å². The highest BCUT2D eigenvalue weighted by Gasteiger charge is 2.46. The Kier molecular flexibility index (Phi) is 4.63. The molecule has 1 nitrogen and oxygen atoms in total. The Labute approximate surface area is 314 Å². The molecule has 0 atom stereocenters. The minimum atomic E-state index is -1.96. The topological polar surface area (TPSA) is 3.24 Å². The Morgan fingerprint density at radius 3 is 1.65 bits per heavy atom. The van der Waals surface area contributed by atoms with E-state index in [0.29, 0.717) is 27.9 Å². The Hall–Kier alpha value is -6.18. The second kappa shape index (κ2) is 11.2. The number of rotatable bonds is 5. The van der Waals surface area contributed by atoms with Crippen LogP contribution in [0.15, 0.2) is 188 Å². The summed E-state index contributed by atoms with van der Waals surface area (Å²) in [7, 11) is 0. The highest BCUT2D eigenvalue weighted by atomic mass is 15.1. The molecule has 10 rings (SSSR count). The second-order valence-corrected chi connectivity index (χ2v) is 13.8. The fraction of sp³-hybridized carbons (Fsp3) is 0.0800. The van der Waals surface area contributed by atoms with Gasteiger partial charge in [0.2, 0.25) is 0 Å². The van der Waals surface area contributed by atoms with Gasteiger partial charge in [0.25, 0.3) is 0 Å². The van der Waals surface area contributed by atoms with E-state index in [0.717, 1.165) is 33.3 Å². The van der Waals surface area contributed by atoms with E-state index in [1.165, 1.54) is 11.1 Å². The van der Waals surface area contributed by atoms with E-state index in [-0.39, 0.29) is 16.5 Å². The first-order valence-corrected chi connectivity index (χ1v) is 17.1. The summed E-state index contributed by atoms with van der Waals surface area (Å²) in [5.41, 5.74) is 6.54. The molecular weight excluding hydrogens is 615 g/mol. The number of hydrogen-bond donors (Lipinski definition) is 0. The highest BCUT2D eigenvalue weighted by Crippen LogP contribution is 2.58. The van der Waals surface area contributed by atoms with Gasteiger partial charge in [-0.15, -0.1) is 0 Å². The fourth-order valence-electron chi connectivity index (χ4n) is 8.61. The lowest BCUT2D eigenvalue weighted by Crippen LogP contribution is -2.28. The van der Waals surface area contributed by atoms with Crippen LogP contribution in [0.3, 0.4) is 0 Å². The lowest BCUT2D eigenvalue weighted by Gasteiger charge is -2.35. The molecule has 0 fully saturated rings. The maximum atomic E-state index is 9.47. The maximum absolute atomic E-state index is 9.47. The summed E-state index contributed by atoms with van der Waals surface area (Å²) in [5.74, 6) is 0. The number of hydrogen-bond acceptors (Lipinski definition) is 1. The molecule has 8 aromatic rings. The van der Waals surface area contributed by atoms with Crippen molar-refractivity contribution in [2.45, 2.75) is 24.7 Å². The van der Waals surface area contributed by atoms with E-state index >= 15 is 0 Å². The molecule has 0 spiro atoms. The molecule has 0 radical (unpaired) electrons. The van der Waals surface area contributed by atoms with Crippen molar-refractivity contribution in [3.63, 3.8) is 0 Å². The number of anilines is 3. The quantitative estimate of drug-likeness (QED) is 0.177. The van der Waals surface area contributed by atoms with E-state index in [9.17, 15) is 5.48 Å². The molecule has 0 heterocycles. The Morgan fingerprint density at radius 1 is 0.451 bits per heavy atom. The van der Waals surface area contributed by atoms with Crippen molar-refractivity contribution < 1.29 is 13.7 Å². The summed E-state index contributed by atoms with van der Waals surface area (Å²) in [6.45, 7) is 4.45. The summed E-state index contributed by atoms with van der Waals surface area (Å²) in [4.78, 5) is 2.15. The molecule has 0 amide bonds. The van der Waals surface area contributed by atoms with Crippen LogP contribution in [0.4, 0.5) is 17.1 Å². The van der Waals surface area contributed by atoms with Gasteiger partial charge in [-0.2, -0.15) is 0 Å². The molecule has 2 aliphatic carbocycles. The largest absolute Gasteiger partial charge is 0.310 e. The van der Waals surface area contributed by atoms with Gasteiger partial charge in [-0.3, -0.25) is 0 Å². The van der Waals surface area contributed by atoms with Gasteiger partial charge in [0.05, 0.1) is 24.8 Å². The van der Waals surface area contributed by atoms with Crippen molar-refractivity contribution in [2.75, 3.05) is 4.90 Å². The maximum Gasteiger partial charge on any atom is 0.0714 e. The minimum Gasteiger partial charge on any atom is -0.310 e. The van der Waals surface area contributed by atoms with Crippen molar-refractivity contribution in [3.05, 3.63) is 221 Å². The Balaban J connectivity index is 1.35. The van der Waals surface area contributed by atoms with E-state index in [1.54, 1.807) is 12.1 Å². The van der Waals surface area contributed by atoms with Crippen molar-refractivity contribution in [1.29, 1.82) is 0 Å². The standard InChI is InChI=1S/C50H37N/c1-49(2)44-25-13-11-23-40(44)42-30-28-37(32-46(42)49)51(48-27-15-17-34-16-9-10-22-39(34)48)38-29-31-43-41-24-12-14-26-45(41)50(47(43)33-38,35-18-5-3-6-19-35)36-20-7-4-8-21-36/h3-33H,1-2H3/i3D,4D,5D,6D,7D,8D,18D,19D,20D,21D. The molecule has 0 unspecified atom stereocenters. The molecule has 0 aromatic heterocycles. The Bertz CT molecular complexity index is 3080. The zero-order valence-corrected chi connectivity index (χ0v) is 28.1. The lowest BCUT2D eigenvalue weighted by atomic mass is 9.67. The van der Waals surface area contributed by atoms with Gasteiger partial charge in [0.1, 0.15) is 0 Å². The van der Waals surface area contributed by atoms with E-state index in [4.69, 9.17) is 8.22 Å². The van der Waals surface area contributed by atoms with E-state index in [1.807, 2.05) is 48.5 Å². The normalized spacial score (nSPS) is 17.1. The summed E-state index contributed by atoms with van der Waals surface area (Å²) >= 11 is 0. The molecule has 51 heavy (non-hydrogen) atoms. The van der Waals surface area contributed by atoms with Gasteiger partial charge in [-0.05, 0) is 91.4 Å². The number of nitrogens with zero attached hydrogens (tertiary/aromatic N) is 1. The third-order valence-corrected chi connectivity index (χ3v) is 10.9. The molecule has 2 aliphatic rings. The minimum absolute atomic E-state index is 0.200. The molecule has 0 saturated carbocycles. The predicted octanol–water partition coefficient (Wildman–Crippen LogP) is 13.0. The molecule has 0 aliphatic heterocycles. The van der Waals surface area contributed by atoms with Gasteiger partial charge in [0, 0.05) is 22.2 Å². The van der Waals surface area contributed by atoms with Crippen molar-refractivity contribution in [1.82, 2.24) is 0 Å². The Morgan fingerprint density at radius 2 is 0.961 bits per heavy atom. The first kappa shape index (κ1) is 21.1. The van der Waals surface area contributed by atoms with Crippen LogP contribution in [0.25, 0.3) is 33.0 Å². The summed E-state index contributed by atoms with van der Waals surface area (Å²) < 4.78 is 90.5. The van der Waals surface area contributed by atoms with Crippen LogP contribution in [0.1, 0.15) is 60.9 Å². The van der Waals surface area contributed by atoms with Crippen LogP contribution in [0.5, 0.6) is 0 Å². The number of fused-ring (bicyclic) bond motifs is 7. The SMILES string of the molecule is [2H]c1c([2H])c([2H])c(C2(c3c([2H])c([2H])c([2H])c([2H])c3[2H])c3ccccc3-c3ccc(N(c4ccc5c(c4)C(C)(C)c4ccccc4-5)c4cccc5ccccc45)cc32)c([2H])c1[2H]. The van der Waals surface area contributed by atoms with Crippen molar-refractivity contribution in [2.24, 2.45) is 0 Å². The highest BCUT2D eigenvalue weighted by molar-refractivity contribution is 6.00. The average molecular weight is 662 g/mol. The van der Waals surface area contributed by atoms with Crippen LogP contribution in [0.2, 0.25) is 0 Å². The lowest BCUT2D eigenvalue weighted by molar-refractivity contribution is 0.660. The third kappa shape index (κ3) is 4.22. The van der Waals surface area contributed by atoms with Crippen LogP contribution in [-0.2, 0) is 10.8 Å². The molecule has 8 aromatic carbocycles. The first-order chi connectivity index (χ1) is 29.2. The second-order valence-electron chi connectivity index (χ2n) is 13.8. The van der Waals surface area contributed by atoms with E-state index in [2.05, 4.69) is 85.5 Å². The van der Waals surface area contributed by atoms with Crippen molar-refractivity contribution in [3.8, 4) is 22.3 Å². The zero-order valence-electron chi connectivity index (χ0n) is 38.1. The van der Waals surface area contributed by atoms with Gasteiger partial charge in [-0.25, -0.2) is 0 Å². The smallest absolute Gasteiger partial charge is 0.0714 e. The zero-order chi connectivity index (χ0) is 42.9. The van der Waals surface area contributed by atoms with Crippen molar-refractivity contribution >= 4 is 27.8 Å². The third-order valence-electron chi connectivity index (χ3n) is 10.9. The van der Waals surface area contributed by atoms with Gasteiger partial charge >= 0.3 is 0 Å². The van der Waals surface area contributed by atoms with Gasteiger partial charge < -0.3 is 4.90 Å². The summed E-state index contributed by atoms with van der Waals surface area (Å²) in [5, 5.41) is 1.99. The summed E-state index contributed by atoms with van der Waals surface area (Å²) in [6, 6.07) is 36.5. The van der Waals surface area contributed by atoms with Crippen LogP contribution < -0.4 is 4.90 Å². The van der Waals surface area contributed by atoms with Crippen LogP contribution >= 0.6 is 0 Å². The first-order valence-electron chi connectivity index (χ1n) is 22.1. The fourth-order valence-corrected chi connectivity index (χ4v) is 8.61. The molecule has 0 saturated heterocycles. The van der Waals surface area contributed by atoms with E-state index < -0.39 is 65.8 Å². The van der Waals surface area contributed by atoms with Crippen LogP contribution in [0, 0.1) is 0 Å².